The average molecular weight is 429 g/mol. The molecule has 3 aromatic rings. The predicted octanol–water partition coefficient (Wildman–Crippen LogP) is 4.93. The second kappa shape index (κ2) is 8.75. The van der Waals surface area contributed by atoms with Gasteiger partial charge < -0.3 is 10.2 Å². The zero-order valence-electron chi connectivity index (χ0n) is 16.0. The van der Waals surface area contributed by atoms with Crippen molar-refractivity contribution in [3.8, 4) is 11.3 Å². The minimum atomic E-state index is -0.992. The summed E-state index contributed by atoms with van der Waals surface area (Å²) in [6.45, 7) is 1.24. The summed E-state index contributed by atoms with van der Waals surface area (Å²) in [6.07, 6.45) is 1.53. The van der Waals surface area contributed by atoms with Gasteiger partial charge in [0.2, 0.25) is 5.91 Å². The standard InChI is InChI=1S/C22H19ClF2N4O/c23-16-5-3-14(4-6-16)20-9-10-21(28-27-20)29-11-1-2-15(13-29)22(30)26-17-7-8-18(24)19(25)12-17/h3-10,12,15H,1-2,11,13H2,(H,26,30). The normalized spacial score (nSPS) is 16.4. The van der Waals surface area contributed by atoms with E-state index >= 15 is 0 Å². The molecule has 0 saturated carbocycles. The smallest absolute Gasteiger partial charge is 0.229 e. The Morgan fingerprint density at radius 3 is 2.53 bits per heavy atom. The molecule has 1 aromatic heterocycles. The van der Waals surface area contributed by atoms with E-state index in [2.05, 4.69) is 15.5 Å². The van der Waals surface area contributed by atoms with E-state index in [0.29, 0.717) is 23.8 Å². The van der Waals surface area contributed by atoms with Crippen LogP contribution in [-0.2, 0) is 4.79 Å². The molecular weight excluding hydrogens is 410 g/mol. The largest absolute Gasteiger partial charge is 0.354 e. The number of hydrogen-bond acceptors (Lipinski definition) is 4. The summed E-state index contributed by atoms with van der Waals surface area (Å²) >= 11 is 5.92. The number of carbonyl (C=O) groups is 1. The summed E-state index contributed by atoms with van der Waals surface area (Å²) in [5, 5.41) is 11.9. The first kappa shape index (κ1) is 20.2. The molecule has 1 unspecified atom stereocenters. The third-order valence-corrected chi connectivity index (χ3v) is 5.35. The zero-order valence-corrected chi connectivity index (χ0v) is 16.7. The fourth-order valence-corrected chi connectivity index (χ4v) is 3.61. The van der Waals surface area contributed by atoms with Crippen molar-refractivity contribution < 1.29 is 13.6 Å². The number of piperidine rings is 1. The summed E-state index contributed by atoms with van der Waals surface area (Å²) in [7, 11) is 0. The second-order valence-corrected chi connectivity index (χ2v) is 7.62. The van der Waals surface area contributed by atoms with E-state index in [-0.39, 0.29) is 17.5 Å². The minimum Gasteiger partial charge on any atom is -0.354 e. The van der Waals surface area contributed by atoms with Gasteiger partial charge in [0.1, 0.15) is 0 Å². The van der Waals surface area contributed by atoms with Crippen LogP contribution in [0.25, 0.3) is 11.3 Å². The van der Waals surface area contributed by atoms with Gasteiger partial charge in [-0.25, -0.2) is 8.78 Å². The summed E-state index contributed by atoms with van der Waals surface area (Å²) in [4.78, 5) is 14.6. The Hall–Kier alpha value is -3.06. The second-order valence-electron chi connectivity index (χ2n) is 7.19. The number of nitrogens with one attached hydrogen (secondary N) is 1. The first-order chi connectivity index (χ1) is 14.5. The van der Waals surface area contributed by atoms with E-state index in [9.17, 15) is 13.6 Å². The van der Waals surface area contributed by atoms with Gasteiger partial charge >= 0.3 is 0 Å². The molecule has 0 aliphatic carbocycles. The molecule has 30 heavy (non-hydrogen) atoms. The predicted molar refractivity (Wildman–Crippen MR) is 112 cm³/mol. The molecule has 1 amide bonds. The lowest BCUT2D eigenvalue weighted by Gasteiger charge is -2.32. The van der Waals surface area contributed by atoms with Crippen molar-refractivity contribution in [2.45, 2.75) is 12.8 Å². The summed E-state index contributed by atoms with van der Waals surface area (Å²) < 4.78 is 26.4. The van der Waals surface area contributed by atoms with Crippen LogP contribution in [0, 0.1) is 17.6 Å². The molecule has 1 aliphatic heterocycles. The molecular formula is C22H19ClF2N4O. The Labute approximate surface area is 177 Å². The Balaban J connectivity index is 1.42. The van der Waals surface area contributed by atoms with Crippen LogP contribution in [0.3, 0.4) is 0 Å². The van der Waals surface area contributed by atoms with Crippen LogP contribution in [0.5, 0.6) is 0 Å². The van der Waals surface area contributed by atoms with Gasteiger partial charge in [-0.15, -0.1) is 10.2 Å². The number of aromatic nitrogens is 2. The van der Waals surface area contributed by atoms with Gasteiger partial charge in [0.15, 0.2) is 17.5 Å². The van der Waals surface area contributed by atoms with Crippen molar-refractivity contribution in [1.82, 2.24) is 10.2 Å². The van der Waals surface area contributed by atoms with Crippen molar-refractivity contribution in [3.63, 3.8) is 0 Å². The summed E-state index contributed by atoms with van der Waals surface area (Å²) in [5.41, 5.74) is 1.89. The molecule has 2 aromatic carbocycles. The number of hydrogen-bond donors (Lipinski definition) is 1. The maximum Gasteiger partial charge on any atom is 0.229 e. The van der Waals surface area contributed by atoms with Gasteiger partial charge in [0, 0.05) is 35.4 Å². The molecule has 1 N–H and O–H groups in total. The first-order valence-electron chi connectivity index (χ1n) is 9.60. The molecule has 1 atom stereocenters. The topological polar surface area (TPSA) is 58.1 Å². The highest BCUT2D eigenvalue weighted by molar-refractivity contribution is 6.30. The van der Waals surface area contributed by atoms with Gasteiger partial charge in [-0.3, -0.25) is 4.79 Å². The van der Waals surface area contributed by atoms with Crippen molar-refractivity contribution in [1.29, 1.82) is 0 Å². The van der Waals surface area contributed by atoms with Crippen LogP contribution in [0.1, 0.15) is 12.8 Å². The number of carbonyl (C=O) groups excluding carboxylic acids is 1. The molecule has 1 saturated heterocycles. The zero-order chi connectivity index (χ0) is 21.1. The number of anilines is 2. The molecule has 1 aliphatic rings. The minimum absolute atomic E-state index is 0.226. The maximum absolute atomic E-state index is 13.4. The van der Waals surface area contributed by atoms with Crippen molar-refractivity contribution in [2.75, 3.05) is 23.3 Å². The molecule has 0 radical (unpaired) electrons. The van der Waals surface area contributed by atoms with Crippen LogP contribution < -0.4 is 10.2 Å². The van der Waals surface area contributed by atoms with E-state index in [4.69, 9.17) is 11.6 Å². The quantitative estimate of drug-likeness (QED) is 0.640. The first-order valence-corrected chi connectivity index (χ1v) is 9.98. The van der Waals surface area contributed by atoms with E-state index < -0.39 is 11.6 Å². The number of amides is 1. The fraction of sp³-hybridized carbons (Fsp3) is 0.227. The third-order valence-electron chi connectivity index (χ3n) is 5.09. The number of rotatable bonds is 4. The highest BCUT2D eigenvalue weighted by Gasteiger charge is 2.27. The molecule has 154 valence electrons. The lowest BCUT2D eigenvalue weighted by molar-refractivity contribution is -0.120. The number of halogens is 3. The Morgan fingerprint density at radius 1 is 1.03 bits per heavy atom. The highest BCUT2D eigenvalue weighted by Crippen LogP contribution is 2.25. The third kappa shape index (κ3) is 4.57. The van der Waals surface area contributed by atoms with Gasteiger partial charge in [-0.05, 0) is 49.2 Å². The number of benzene rings is 2. The van der Waals surface area contributed by atoms with Gasteiger partial charge in [-0.2, -0.15) is 0 Å². The van der Waals surface area contributed by atoms with Crippen LogP contribution in [0.15, 0.2) is 54.6 Å². The van der Waals surface area contributed by atoms with Crippen LogP contribution in [0.2, 0.25) is 5.02 Å². The summed E-state index contributed by atoms with van der Waals surface area (Å²) in [6, 6.07) is 14.4. The Morgan fingerprint density at radius 2 is 1.83 bits per heavy atom. The lowest BCUT2D eigenvalue weighted by Crippen LogP contribution is -2.41. The van der Waals surface area contributed by atoms with E-state index in [1.165, 1.54) is 6.07 Å². The SMILES string of the molecule is O=C(Nc1ccc(F)c(F)c1)C1CCCN(c2ccc(-c3ccc(Cl)cc3)nn2)C1. The van der Waals surface area contributed by atoms with Gasteiger partial charge in [0.25, 0.3) is 0 Å². The molecule has 4 rings (SSSR count). The number of nitrogens with zero attached hydrogens (tertiary/aromatic N) is 3. The van der Waals surface area contributed by atoms with E-state index in [1.54, 1.807) is 12.1 Å². The monoisotopic (exact) mass is 428 g/mol. The van der Waals surface area contributed by atoms with Crippen LogP contribution in [-0.4, -0.2) is 29.2 Å². The lowest BCUT2D eigenvalue weighted by atomic mass is 9.97. The van der Waals surface area contributed by atoms with Crippen LogP contribution in [0.4, 0.5) is 20.3 Å². The molecule has 1 fully saturated rings. The average Bonchev–Trinajstić information content (AvgIpc) is 2.77. The van der Waals surface area contributed by atoms with E-state index in [1.807, 2.05) is 29.2 Å². The van der Waals surface area contributed by atoms with Crippen molar-refractivity contribution in [3.05, 3.63) is 71.3 Å². The molecule has 5 nitrogen and oxygen atoms in total. The Kier molecular flexibility index (Phi) is 5.90. The van der Waals surface area contributed by atoms with E-state index in [0.717, 1.165) is 36.4 Å². The highest BCUT2D eigenvalue weighted by atomic mass is 35.5. The maximum atomic E-state index is 13.4. The van der Waals surface area contributed by atoms with Crippen molar-refractivity contribution in [2.24, 2.45) is 5.92 Å². The molecule has 0 bridgehead atoms. The summed E-state index contributed by atoms with van der Waals surface area (Å²) in [5.74, 6) is -1.76. The van der Waals surface area contributed by atoms with Crippen LogP contribution >= 0.6 is 11.6 Å². The molecule has 2 heterocycles. The molecule has 0 spiro atoms. The fourth-order valence-electron chi connectivity index (χ4n) is 3.49. The molecule has 8 heteroatoms. The van der Waals surface area contributed by atoms with Gasteiger partial charge in [0.05, 0.1) is 11.6 Å². The van der Waals surface area contributed by atoms with Gasteiger partial charge in [-0.1, -0.05) is 23.7 Å². The van der Waals surface area contributed by atoms with Crippen molar-refractivity contribution >= 4 is 29.0 Å². The Bertz CT molecular complexity index is 1040.